The third kappa shape index (κ3) is 2.72. The number of piperidine rings is 1. The van der Waals surface area contributed by atoms with Crippen LogP contribution in [0.4, 0.5) is 0 Å². The van der Waals surface area contributed by atoms with Gasteiger partial charge in [-0.05, 0) is 44.4 Å². The van der Waals surface area contributed by atoms with E-state index in [9.17, 15) is 9.59 Å². The van der Waals surface area contributed by atoms with E-state index in [0.717, 1.165) is 57.4 Å². The Kier molecular flexibility index (Phi) is 3.99. The summed E-state index contributed by atoms with van der Waals surface area (Å²) in [5.41, 5.74) is -0.102. The van der Waals surface area contributed by atoms with Crippen molar-refractivity contribution in [3.05, 3.63) is 16.3 Å². The number of aromatic nitrogens is 3. The molecule has 1 aromatic heterocycles. The zero-order chi connectivity index (χ0) is 15.8. The number of hydrogen-bond acceptors (Lipinski definition) is 3. The van der Waals surface area contributed by atoms with Crippen molar-refractivity contribution in [3.63, 3.8) is 0 Å². The zero-order valence-electron chi connectivity index (χ0n) is 13.7. The minimum atomic E-state index is -0.102. The monoisotopic (exact) mass is 318 g/mol. The summed E-state index contributed by atoms with van der Waals surface area (Å²) in [6, 6.07) is 0.410. The van der Waals surface area contributed by atoms with Gasteiger partial charge in [0.15, 0.2) is 0 Å². The molecule has 2 fully saturated rings. The fraction of sp³-hybridized carbons (Fsp3) is 0.824. The van der Waals surface area contributed by atoms with E-state index in [2.05, 4.69) is 5.10 Å². The normalized spacial score (nSPS) is 27.4. The van der Waals surface area contributed by atoms with Crippen LogP contribution in [-0.4, -0.2) is 37.7 Å². The molecule has 0 radical (unpaired) electrons. The van der Waals surface area contributed by atoms with Crippen LogP contribution < -0.4 is 5.69 Å². The second-order valence-corrected chi connectivity index (χ2v) is 7.31. The summed E-state index contributed by atoms with van der Waals surface area (Å²) in [6.07, 6.45) is 10.1. The summed E-state index contributed by atoms with van der Waals surface area (Å²) in [5.74, 6) is 1.62. The van der Waals surface area contributed by atoms with Crippen LogP contribution in [0.1, 0.15) is 57.2 Å². The van der Waals surface area contributed by atoms with Gasteiger partial charge >= 0.3 is 5.69 Å². The van der Waals surface area contributed by atoms with E-state index in [1.807, 2.05) is 4.90 Å². The molecule has 0 bridgehead atoms. The number of carbonyl (C=O) groups excluding carboxylic acids is 1. The van der Waals surface area contributed by atoms with Crippen LogP contribution in [0.25, 0.3) is 0 Å². The Labute approximate surface area is 136 Å². The standard InChI is InChI=1S/C17H26N4O2/c22-16(19-11-5-7-13-6-4-8-14(13)19)12-21-17(23)20-10-3-1-2-9-15(20)18-21/h13-14H,1-12H2/t13-,14+/m0/s1. The Morgan fingerprint density at radius 3 is 2.83 bits per heavy atom. The van der Waals surface area contributed by atoms with Gasteiger partial charge in [-0.25, -0.2) is 9.48 Å². The van der Waals surface area contributed by atoms with Crippen molar-refractivity contribution in [1.29, 1.82) is 0 Å². The maximum absolute atomic E-state index is 12.8. The second-order valence-electron chi connectivity index (χ2n) is 7.31. The van der Waals surface area contributed by atoms with Gasteiger partial charge in [0.1, 0.15) is 12.4 Å². The molecule has 6 heteroatoms. The van der Waals surface area contributed by atoms with E-state index < -0.39 is 0 Å². The molecule has 0 N–H and O–H groups in total. The average Bonchev–Trinajstić information content (AvgIpc) is 3.06. The number of amides is 1. The molecule has 2 atom stereocenters. The van der Waals surface area contributed by atoms with Crippen molar-refractivity contribution in [2.75, 3.05) is 6.54 Å². The highest BCUT2D eigenvalue weighted by atomic mass is 16.2. The van der Waals surface area contributed by atoms with Crippen LogP contribution >= 0.6 is 0 Å². The fourth-order valence-electron chi connectivity index (χ4n) is 4.71. The predicted octanol–water partition coefficient (Wildman–Crippen LogP) is 1.56. The molecule has 1 saturated carbocycles. The highest BCUT2D eigenvalue weighted by Gasteiger charge is 2.37. The Hall–Kier alpha value is -1.59. The van der Waals surface area contributed by atoms with Crippen molar-refractivity contribution < 1.29 is 4.79 Å². The Balaban J connectivity index is 1.51. The molecule has 4 rings (SSSR count). The number of carbonyl (C=O) groups is 1. The molecule has 6 nitrogen and oxygen atoms in total. The predicted molar refractivity (Wildman–Crippen MR) is 86.1 cm³/mol. The van der Waals surface area contributed by atoms with Gasteiger partial charge in [0.2, 0.25) is 5.91 Å². The lowest BCUT2D eigenvalue weighted by molar-refractivity contribution is -0.136. The third-order valence-electron chi connectivity index (χ3n) is 5.88. The van der Waals surface area contributed by atoms with Gasteiger partial charge in [-0.2, -0.15) is 5.10 Å². The smallest absolute Gasteiger partial charge is 0.338 e. The van der Waals surface area contributed by atoms with E-state index in [-0.39, 0.29) is 18.1 Å². The Bertz CT molecular complexity index is 648. The van der Waals surface area contributed by atoms with Gasteiger partial charge in [0.25, 0.3) is 0 Å². The highest BCUT2D eigenvalue weighted by Crippen LogP contribution is 2.36. The topological polar surface area (TPSA) is 60.1 Å². The van der Waals surface area contributed by atoms with Crippen LogP contribution in [0.5, 0.6) is 0 Å². The van der Waals surface area contributed by atoms with Crippen molar-refractivity contribution in [2.24, 2.45) is 5.92 Å². The third-order valence-corrected chi connectivity index (χ3v) is 5.88. The summed E-state index contributed by atoms with van der Waals surface area (Å²) < 4.78 is 3.18. The van der Waals surface area contributed by atoms with E-state index in [1.54, 1.807) is 4.57 Å². The number of likely N-dealkylation sites (tertiary alicyclic amines) is 1. The lowest BCUT2D eigenvalue weighted by atomic mass is 9.92. The lowest BCUT2D eigenvalue weighted by Crippen LogP contribution is -2.48. The molecule has 2 aliphatic heterocycles. The second kappa shape index (κ2) is 6.13. The van der Waals surface area contributed by atoms with Crippen LogP contribution in [0.15, 0.2) is 4.79 Å². The summed E-state index contributed by atoms with van der Waals surface area (Å²) >= 11 is 0. The molecule has 0 spiro atoms. The quantitative estimate of drug-likeness (QED) is 0.831. The first kappa shape index (κ1) is 15.0. The number of rotatable bonds is 2. The van der Waals surface area contributed by atoms with Gasteiger partial charge in [-0.1, -0.05) is 12.8 Å². The molecule has 126 valence electrons. The van der Waals surface area contributed by atoms with Crippen LogP contribution in [0, 0.1) is 5.92 Å². The molecule has 3 aliphatic rings. The van der Waals surface area contributed by atoms with Crippen molar-refractivity contribution in [3.8, 4) is 0 Å². The number of fused-ring (bicyclic) bond motifs is 2. The molecule has 0 aromatic carbocycles. The molecular weight excluding hydrogens is 292 g/mol. The van der Waals surface area contributed by atoms with Crippen molar-refractivity contribution in [1.82, 2.24) is 19.2 Å². The average molecular weight is 318 g/mol. The summed E-state index contributed by atoms with van der Waals surface area (Å²) in [6.45, 7) is 1.71. The van der Waals surface area contributed by atoms with Crippen molar-refractivity contribution >= 4 is 5.91 Å². The minimum absolute atomic E-state index is 0.0805. The number of hydrogen-bond donors (Lipinski definition) is 0. The lowest BCUT2D eigenvalue weighted by Gasteiger charge is -2.37. The molecule has 0 unspecified atom stereocenters. The van der Waals surface area contributed by atoms with E-state index in [1.165, 1.54) is 23.9 Å². The van der Waals surface area contributed by atoms with E-state index >= 15 is 0 Å². The van der Waals surface area contributed by atoms with Crippen LogP contribution in [-0.2, 0) is 24.3 Å². The Morgan fingerprint density at radius 1 is 1.04 bits per heavy atom. The summed E-state index contributed by atoms with van der Waals surface area (Å²) in [7, 11) is 0. The van der Waals surface area contributed by atoms with Crippen LogP contribution in [0.3, 0.4) is 0 Å². The molecule has 1 aromatic rings. The maximum atomic E-state index is 12.8. The van der Waals surface area contributed by atoms with E-state index in [0.29, 0.717) is 12.0 Å². The molecular formula is C17H26N4O2. The van der Waals surface area contributed by atoms with Gasteiger partial charge < -0.3 is 4.90 Å². The van der Waals surface area contributed by atoms with Gasteiger partial charge in [-0.15, -0.1) is 0 Å². The van der Waals surface area contributed by atoms with Gasteiger partial charge in [0, 0.05) is 25.6 Å². The first-order valence-electron chi connectivity index (χ1n) is 9.20. The Morgan fingerprint density at radius 2 is 1.91 bits per heavy atom. The summed E-state index contributed by atoms with van der Waals surface area (Å²) in [4.78, 5) is 27.3. The first-order chi connectivity index (χ1) is 11.2. The zero-order valence-corrected chi connectivity index (χ0v) is 13.7. The van der Waals surface area contributed by atoms with Gasteiger partial charge in [0.05, 0.1) is 0 Å². The number of aryl methyl sites for hydroxylation is 1. The van der Waals surface area contributed by atoms with Crippen molar-refractivity contribution in [2.45, 2.75) is 76.9 Å². The summed E-state index contributed by atoms with van der Waals surface area (Å²) in [5, 5.41) is 4.45. The van der Waals surface area contributed by atoms with E-state index in [4.69, 9.17) is 0 Å². The SMILES string of the molecule is O=C(Cn1nc2n(c1=O)CCCCC2)N1CCC[C@@H]2CCC[C@H]21. The first-order valence-corrected chi connectivity index (χ1v) is 9.20. The molecule has 23 heavy (non-hydrogen) atoms. The molecule has 1 amide bonds. The maximum Gasteiger partial charge on any atom is 0.346 e. The largest absolute Gasteiger partial charge is 0.346 e. The molecule has 3 heterocycles. The van der Waals surface area contributed by atoms with Gasteiger partial charge in [-0.3, -0.25) is 9.36 Å². The number of nitrogens with zero attached hydrogens (tertiary/aromatic N) is 4. The fourth-order valence-corrected chi connectivity index (χ4v) is 4.71. The van der Waals surface area contributed by atoms with Crippen LogP contribution in [0.2, 0.25) is 0 Å². The molecule has 1 saturated heterocycles. The minimum Gasteiger partial charge on any atom is -0.338 e. The molecule has 1 aliphatic carbocycles. The highest BCUT2D eigenvalue weighted by molar-refractivity contribution is 5.76.